The third-order valence-electron chi connectivity index (χ3n) is 2.69. The molecule has 0 fully saturated rings. The van der Waals surface area contributed by atoms with Crippen molar-refractivity contribution < 1.29 is 19.8 Å². The molecule has 0 aliphatic carbocycles. The SMILES string of the molecule is CCC(CC)C(C)(C(=O)O)C(=O)O. The van der Waals surface area contributed by atoms with Crippen LogP contribution in [0.25, 0.3) is 0 Å². The smallest absolute Gasteiger partial charge is 0.321 e. The average molecular weight is 188 g/mol. The van der Waals surface area contributed by atoms with Gasteiger partial charge in [-0.1, -0.05) is 26.7 Å². The van der Waals surface area contributed by atoms with Gasteiger partial charge in [0.25, 0.3) is 0 Å². The molecule has 0 aromatic carbocycles. The predicted octanol–water partition coefficient (Wildman–Crippen LogP) is 1.60. The standard InChI is InChI=1S/C9H16O4/c1-4-6(5-2)9(3,7(10)11)8(12)13/h6H,4-5H2,1-3H3,(H,10,11)(H,12,13). The van der Waals surface area contributed by atoms with Gasteiger partial charge in [-0.3, -0.25) is 9.59 Å². The van der Waals surface area contributed by atoms with E-state index >= 15 is 0 Å². The van der Waals surface area contributed by atoms with Gasteiger partial charge in [-0.15, -0.1) is 0 Å². The molecule has 4 heteroatoms. The Hall–Kier alpha value is -1.06. The van der Waals surface area contributed by atoms with Crippen molar-refractivity contribution in [3.05, 3.63) is 0 Å². The highest BCUT2D eigenvalue weighted by Gasteiger charge is 2.46. The first-order valence-corrected chi connectivity index (χ1v) is 4.37. The van der Waals surface area contributed by atoms with E-state index in [0.717, 1.165) is 0 Å². The first-order chi connectivity index (χ1) is 5.91. The van der Waals surface area contributed by atoms with Gasteiger partial charge in [-0.2, -0.15) is 0 Å². The van der Waals surface area contributed by atoms with Crippen LogP contribution in [0, 0.1) is 11.3 Å². The maximum atomic E-state index is 10.8. The number of hydrogen-bond acceptors (Lipinski definition) is 2. The van der Waals surface area contributed by atoms with Crippen molar-refractivity contribution in [1.29, 1.82) is 0 Å². The first kappa shape index (κ1) is 11.9. The number of carbonyl (C=O) groups is 2. The third-order valence-corrected chi connectivity index (χ3v) is 2.69. The minimum Gasteiger partial charge on any atom is -0.480 e. The lowest BCUT2D eigenvalue weighted by Gasteiger charge is -2.28. The quantitative estimate of drug-likeness (QED) is 0.642. The van der Waals surface area contributed by atoms with Crippen LogP contribution in [0.3, 0.4) is 0 Å². The Bertz CT molecular complexity index is 192. The molecule has 0 aliphatic heterocycles. The van der Waals surface area contributed by atoms with Gasteiger partial charge in [0.2, 0.25) is 0 Å². The lowest BCUT2D eigenvalue weighted by molar-refractivity contribution is -0.168. The van der Waals surface area contributed by atoms with Gasteiger partial charge in [0.05, 0.1) is 0 Å². The zero-order valence-corrected chi connectivity index (χ0v) is 8.20. The zero-order chi connectivity index (χ0) is 10.6. The van der Waals surface area contributed by atoms with E-state index < -0.39 is 17.4 Å². The second-order valence-electron chi connectivity index (χ2n) is 3.33. The summed E-state index contributed by atoms with van der Waals surface area (Å²) >= 11 is 0. The van der Waals surface area contributed by atoms with Crippen LogP contribution in [-0.4, -0.2) is 22.2 Å². The van der Waals surface area contributed by atoms with E-state index in [2.05, 4.69) is 0 Å². The maximum absolute atomic E-state index is 10.8. The van der Waals surface area contributed by atoms with E-state index in [1.54, 1.807) is 13.8 Å². The molecule has 0 aromatic rings. The van der Waals surface area contributed by atoms with E-state index in [9.17, 15) is 9.59 Å². The van der Waals surface area contributed by atoms with Gasteiger partial charge >= 0.3 is 11.9 Å². The summed E-state index contributed by atoms with van der Waals surface area (Å²) in [5.41, 5.74) is -1.65. The van der Waals surface area contributed by atoms with Gasteiger partial charge in [0.15, 0.2) is 5.41 Å². The molecule has 0 aliphatic rings. The topological polar surface area (TPSA) is 74.6 Å². The minimum atomic E-state index is -1.65. The van der Waals surface area contributed by atoms with E-state index in [1.165, 1.54) is 6.92 Å². The van der Waals surface area contributed by atoms with Crippen molar-refractivity contribution in [2.75, 3.05) is 0 Å². The van der Waals surface area contributed by atoms with E-state index in [0.29, 0.717) is 12.8 Å². The normalized spacial score (nSPS) is 11.7. The van der Waals surface area contributed by atoms with Crippen molar-refractivity contribution in [1.82, 2.24) is 0 Å². The van der Waals surface area contributed by atoms with E-state index in [1.807, 2.05) is 0 Å². The van der Waals surface area contributed by atoms with Crippen LogP contribution in [0.5, 0.6) is 0 Å². The Morgan fingerprint density at radius 1 is 1.15 bits per heavy atom. The van der Waals surface area contributed by atoms with Crippen LogP contribution >= 0.6 is 0 Å². The van der Waals surface area contributed by atoms with Gasteiger partial charge in [-0.05, 0) is 12.8 Å². The van der Waals surface area contributed by atoms with E-state index in [4.69, 9.17) is 10.2 Å². The summed E-state index contributed by atoms with van der Waals surface area (Å²) in [6.07, 6.45) is 1.12. The largest absolute Gasteiger partial charge is 0.480 e. The summed E-state index contributed by atoms with van der Waals surface area (Å²) in [5, 5.41) is 17.7. The molecule has 0 atom stereocenters. The van der Waals surface area contributed by atoms with Crippen molar-refractivity contribution in [3.63, 3.8) is 0 Å². The highest BCUT2D eigenvalue weighted by molar-refractivity contribution is 5.98. The molecule has 0 amide bonds. The highest BCUT2D eigenvalue weighted by Crippen LogP contribution is 2.33. The summed E-state index contributed by atoms with van der Waals surface area (Å²) < 4.78 is 0. The third kappa shape index (κ3) is 1.99. The monoisotopic (exact) mass is 188 g/mol. The van der Waals surface area contributed by atoms with Crippen molar-refractivity contribution >= 4 is 11.9 Å². The lowest BCUT2D eigenvalue weighted by Crippen LogP contribution is -2.42. The fourth-order valence-corrected chi connectivity index (χ4v) is 1.55. The average Bonchev–Trinajstić information content (AvgIpc) is 2.05. The Labute approximate surface area is 77.6 Å². The number of aliphatic carboxylic acids is 2. The molecular weight excluding hydrogens is 172 g/mol. The fourth-order valence-electron chi connectivity index (χ4n) is 1.55. The molecule has 0 spiro atoms. The molecule has 0 radical (unpaired) electrons. The first-order valence-electron chi connectivity index (χ1n) is 4.37. The van der Waals surface area contributed by atoms with Gasteiger partial charge in [-0.25, -0.2) is 0 Å². The van der Waals surface area contributed by atoms with Crippen molar-refractivity contribution in [3.8, 4) is 0 Å². The van der Waals surface area contributed by atoms with Gasteiger partial charge in [0.1, 0.15) is 0 Å². The summed E-state index contributed by atoms with van der Waals surface area (Å²) in [5.74, 6) is -2.83. The van der Waals surface area contributed by atoms with Crippen molar-refractivity contribution in [2.45, 2.75) is 33.6 Å². The van der Waals surface area contributed by atoms with Gasteiger partial charge < -0.3 is 10.2 Å². The molecule has 13 heavy (non-hydrogen) atoms. The van der Waals surface area contributed by atoms with E-state index in [-0.39, 0.29) is 5.92 Å². The molecule has 4 nitrogen and oxygen atoms in total. The molecule has 0 aromatic heterocycles. The molecule has 2 N–H and O–H groups in total. The van der Waals surface area contributed by atoms with Gasteiger partial charge in [0, 0.05) is 0 Å². The second-order valence-corrected chi connectivity index (χ2v) is 3.33. The Balaban J connectivity index is 4.98. The summed E-state index contributed by atoms with van der Waals surface area (Å²) in [6.45, 7) is 4.88. The number of carboxylic acid groups (broad SMARTS) is 2. The minimum absolute atomic E-state index is 0.317. The van der Waals surface area contributed by atoms with Crippen LogP contribution in [-0.2, 0) is 9.59 Å². The maximum Gasteiger partial charge on any atom is 0.321 e. The molecule has 0 saturated carbocycles. The zero-order valence-electron chi connectivity index (χ0n) is 8.20. The Kier molecular flexibility index (Phi) is 3.91. The Morgan fingerprint density at radius 3 is 1.54 bits per heavy atom. The van der Waals surface area contributed by atoms with Crippen LogP contribution in [0.4, 0.5) is 0 Å². The molecule has 0 heterocycles. The fraction of sp³-hybridized carbons (Fsp3) is 0.778. The molecule has 0 saturated heterocycles. The number of hydrogen-bond donors (Lipinski definition) is 2. The molecular formula is C9H16O4. The molecule has 0 unspecified atom stereocenters. The number of carboxylic acids is 2. The second kappa shape index (κ2) is 4.25. The van der Waals surface area contributed by atoms with Crippen molar-refractivity contribution in [2.24, 2.45) is 11.3 Å². The summed E-state index contributed by atoms with van der Waals surface area (Å²) in [7, 11) is 0. The number of rotatable bonds is 5. The molecule has 0 rings (SSSR count). The molecule has 0 bridgehead atoms. The summed E-state index contributed by atoms with van der Waals surface area (Å²) in [4.78, 5) is 21.7. The Morgan fingerprint density at radius 2 is 1.46 bits per heavy atom. The summed E-state index contributed by atoms with van der Waals surface area (Å²) in [6, 6.07) is 0. The van der Waals surface area contributed by atoms with Crippen LogP contribution in [0.15, 0.2) is 0 Å². The van der Waals surface area contributed by atoms with Crippen LogP contribution in [0.1, 0.15) is 33.6 Å². The van der Waals surface area contributed by atoms with Crippen LogP contribution < -0.4 is 0 Å². The van der Waals surface area contributed by atoms with Crippen LogP contribution in [0.2, 0.25) is 0 Å². The lowest BCUT2D eigenvalue weighted by atomic mass is 9.74. The predicted molar refractivity (Wildman–Crippen MR) is 47.5 cm³/mol. The highest BCUT2D eigenvalue weighted by atomic mass is 16.4. The molecule has 76 valence electrons.